The molecule has 0 saturated carbocycles. The first kappa shape index (κ1) is 57.1. The molecule has 390 valence electrons. The van der Waals surface area contributed by atoms with Crippen molar-refractivity contribution in [2.45, 2.75) is 136 Å². The highest BCUT2D eigenvalue weighted by atomic mass is 127. The number of carbonyl (C=O) groups excluding carboxylic acids is 1. The number of rotatable bonds is 16. The number of Topliss-reactive ketones (excluding diaryl/α,β-unsaturated/α-hetero) is 1. The average Bonchev–Trinajstić information content (AvgIpc) is 3.86. The van der Waals surface area contributed by atoms with Gasteiger partial charge in [0.1, 0.15) is 42.1 Å². The van der Waals surface area contributed by atoms with Crippen molar-refractivity contribution in [2.75, 3.05) is 24.7 Å². The summed E-state index contributed by atoms with van der Waals surface area (Å²) < 4.78 is 26.6. The van der Waals surface area contributed by atoms with Crippen LogP contribution in [0.15, 0.2) is 58.4 Å². The van der Waals surface area contributed by atoms with E-state index in [-0.39, 0.29) is 61.5 Å². The Morgan fingerprint density at radius 2 is 1.24 bits per heavy atom. The largest absolute Gasteiger partial charge is 0.394 e. The van der Waals surface area contributed by atoms with Gasteiger partial charge in [0.2, 0.25) is 0 Å². The fourth-order valence-corrected chi connectivity index (χ4v) is 8.51. The first-order valence-electron chi connectivity index (χ1n) is 22.8. The summed E-state index contributed by atoms with van der Waals surface area (Å²) >= 11 is 2.02. The minimum atomic E-state index is -0.947. The number of anilines is 2. The van der Waals surface area contributed by atoms with E-state index < -0.39 is 87.7 Å². The summed E-state index contributed by atoms with van der Waals surface area (Å²) in [5, 5.41) is 62.4. The highest BCUT2D eigenvalue weighted by molar-refractivity contribution is 14.1. The number of hydrogen-bond acceptors (Lipinski definition) is 19. The maximum atomic E-state index is 12.5. The molecule has 0 aliphatic carbocycles. The van der Waals surface area contributed by atoms with Crippen molar-refractivity contribution in [3.05, 3.63) is 121 Å². The van der Waals surface area contributed by atoms with Crippen molar-refractivity contribution >= 4 is 51.4 Å². The van der Waals surface area contributed by atoms with Gasteiger partial charge in [-0.2, -0.15) is 9.97 Å². The number of hydrogen-bond donors (Lipinski definition) is 6. The SMILES string of the molecule is CC(=O)CCC#Cc1ccc([C@H](OCc2cn([C@H]3C[C@@H](O)[C@@H](CO)O3)c(=O)nc2N)C(C)(C)C)c([N+](=O)[O-])c1.CC(C)(C)[C@@H](OCc1cn([C@H]2C[C@@H](O)[C@@H](CO)O2)c(=O)nc1N)c1ccc(I)cc1[N+](=O)[O-]. The van der Waals surface area contributed by atoms with Crippen LogP contribution in [0.4, 0.5) is 23.0 Å². The highest BCUT2D eigenvalue weighted by Crippen LogP contribution is 2.43. The number of nitrogens with two attached hydrogens (primary N) is 2. The van der Waals surface area contributed by atoms with Crippen molar-refractivity contribution in [1.29, 1.82) is 0 Å². The molecule has 23 nitrogen and oxygen atoms in total. The molecule has 0 amide bonds. The van der Waals surface area contributed by atoms with E-state index in [2.05, 4.69) is 21.8 Å². The molecule has 4 heterocycles. The van der Waals surface area contributed by atoms with Crippen LogP contribution < -0.4 is 22.8 Å². The number of nitro benzene ring substituents is 2. The van der Waals surface area contributed by atoms with Crippen molar-refractivity contribution in [1.82, 2.24) is 19.1 Å². The summed E-state index contributed by atoms with van der Waals surface area (Å²) in [7, 11) is 0. The predicted molar refractivity (Wildman–Crippen MR) is 269 cm³/mol. The van der Waals surface area contributed by atoms with Crippen LogP contribution in [0.25, 0.3) is 0 Å². The van der Waals surface area contributed by atoms with Gasteiger partial charge in [0, 0.05) is 70.5 Å². The summed E-state index contributed by atoms with van der Waals surface area (Å²) in [4.78, 5) is 66.4. The maximum Gasteiger partial charge on any atom is 0.351 e. The lowest BCUT2D eigenvalue weighted by molar-refractivity contribution is -0.386. The minimum Gasteiger partial charge on any atom is -0.394 e. The van der Waals surface area contributed by atoms with Gasteiger partial charge in [-0.15, -0.1) is 0 Å². The molecule has 0 radical (unpaired) electrons. The summed E-state index contributed by atoms with van der Waals surface area (Å²) in [6.45, 7) is 11.9. The third-order valence-corrected chi connectivity index (χ3v) is 12.4. The van der Waals surface area contributed by atoms with Gasteiger partial charge in [-0.3, -0.25) is 34.2 Å². The number of ether oxygens (including phenoxy) is 4. The van der Waals surface area contributed by atoms with Gasteiger partial charge < -0.3 is 50.8 Å². The van der Waals surface area contributed by atoms with Crippen LogP contribution >= 0.6 is 22.6 Å². The fourth-order valence-electron chi connectivity index (χ4n) is 8.04. The zero-order chi connectivity index (χ0) is 53.4. The number of ketones is 1. The van der Waals surface area contributed by atoms with Gasteiger partial charge in [-0.05, 0) is 64.6 Å². The number of nitrogens with zero attached hydrogens (tertiary/aromatic N) is 6. The van der Waals surface area contributed by atoms with Crippen LogP contribution in [0.1, 0.15) is 127 Å². The molecule has 0 spiro atoms. The monoisotopic (exact) mass is 1120 g/mol. The van der Waals surface area contributed by atoms with Crippen molar-refractivity contribution in [2.24, 2.45) is 10.8 Å². The van der Waals surface area contributed by atoms with Crippen LogP contribution in [-0.2, 0) is 37.0 Å². The number of aromatic nitrogens is 4. The number of aliphatic hydroxyl groups excluding tert-OH is 4. The Balaban J connectivity index is 0.000000271. The smallest absolute Gasteiger partial charge is 0.351 e. The van der Waals surface area contributed by atoms with E-state index in [0.29, 0.717) is 40.7 Å². The molecule has 0 bridgehead atoms. The number of carbonyl (C=O) groups is 1. The van der Waals surface area contributed by atoms with E-state index in [1.165, 1.54) is 40.6 Å². The molecule has 2 aliphatic heterocycles. The highest BCUT2D eigenvalue weighted by Gasteiger charge is 2.38. The Kier molecular flexibility index (Phi) is 19.3. The molecule has 8 N–H and O–H groups in total. The van der Waals surface area contributed by atoms with Crippen LogP contribution in [0.2, 0.25) is 0 Å². The molecule has 0 unspecified atom stereocenters. The maximum absolute atomic E-state index is 12.5. The molecule has 4 aromatic rings. The minimum absolute atomic E-state index is 0.0183. The van der Waals surface area contributed by atoms with E-state index >= 15 is 0 Å². The van der Waals surface area contributed by atoms with Gasteiger partial charge in [0.05, 0.1) is 71.8 Å². The molecular weight excluding hydrogens is 1060 g/mol. The van der Waals surface area contributed by atoms with Gasteiger partial charge in [-0.25, -0.2) is 9.59 Å². The Bertz CT molecular complexity index is 2800. The van der Waals surface area contributed by atoms with Gasteiger partial charge in [-0.1, -0.05) is 53.4 Å². The van der Waals surface area contributed by atoms with E-state index in [4.69, 9.17) is 30.4 Å². The fraction of sp³-hybridized carbons (Fsp3) is 0.521. The van der Waals surface area contributed by atoms with E-state index in [9.17, 15) is 55.0 Å². The topological polar surface area (TPSA) is 343 Å². The third kappa shape index (κ3) is 14.5. The Hall–Kier alpha value is -5.76. The number of nitrogen functional groups attached to an aromatic ring is 2. The molecule has 2 aliphatic rings. The summed E-state index contributed by atoms with van der Waals surface area (Å²) in [6, 6.07) is 9.61. The third-order valence-electron chi connectivity index (χ3n) is 11.7. The second-order valence-electron chi connectivity index (χ2n) is 19.5. The molecule has 2 fully saturated rings. The van der Waals surface area contributed by atoms with Gasteiger partial charge in [0.25, 0.3) is 11.4 Å². The standard InChI is InChI=1S/C27H34N4O8.C21H27IN4O7/c1-16(33)7-5-6-8-17-9-10-19(20(11-17)31(36)37)24(27(2,3)4)38-15-18-13-30(26(35)29-25(18)28)23-12-21(34)22(14-32)39-23;1-21(2,3)18(13-5-4-12(22)6-14(13)26(30)31)32-10-11-8-25(20(29)24-19(11)23)17-7-15(28)16(9-27)33-17/h9-11,13,21-24,32,34H,5,7,12,14-15H2,1-4H3,(H2,28,29,35);4-6,8,15-18,27-28H,7,9-10H2,1-3H3,(H2,23,24,29)/t21-,22-,23-,24+;15-,16-,17-,18+/m11/s1. The predicted octanol–water partition coefficient (Wildman–Crippen LogP) is 4.68. The lowest BCUT2D eigenvalue weighted by Gasteiger charge is -2.31. The summed E-state index contributed by atoms with van der Waals surface area (Å²) in [5.41, 5.74) is 11.3. The van der Waals surface area contributed by atoms with E-state index in [1.54, 1.807) is 24.3 Å². The number of benzene rings is 2. The number of nitro groups is 2. The average molecular weight is 1120 g/mol. The molecule has 6 rings (SSSR count). The van der Waals surface area contributed by atoms with E-state index in [0.717, 1.165) is 3.57 Å². The molecule has 72 heavy (non-hydrogen) atoms. The first-order valence-corrected chi connectivity index (χ1v) is 23.9. The van der Waals surface area contributed by atoms with Crippen LogP contribution in [0, 0.1) is 46.5 Å². The molecular formula is C48H61IN8O15. The van der Waals surface area contributed by atoms with Crippen LogP contribution in [0.5, 0.6) is 0 Å². The number of aliphatic hydroxyl groups is 4. The van der Waals surface area contributed by atoms with Crippen molar-refractivity contribution < 1.29 is 54.0 Å². The van der Waals surface area contributed by atoms with Crippen LogP contribution in [-0.4, -0.2) is 92.8 Å². The first-order chi connectivity index (χ1) is 33.7. The van der Waals surface area contributed by atoms with Crippen molar-refractivity contribution in [3.8, 4) is 11.8 Å². The van der Waals surface area contributed by atoms with E-state index in [1.807, 2.05) is 64.1 Å². The zero-order valence-corrected chi connectivity index (χ0v) is 43.0. The second kappa shape index (κ2) is 24.3. The molecule has 24 heteroatoms. The van der Waals surface area contributed by atoms with Crippen molar-refractivity contribution in [3.63, 3.8) is 0 Å². The second-order valence-corrected chi connectivity index (χ2v) is 20.8. The molecule has 2 aromatic carbocycles. The normalized spacial score (nSPS) is 20.7. The summed E-state index contributed by atoms with van der Waals surface area (Å²) in [5.74, 6) is 5.65. The van der Waals surface area contributed by atoms with Gasteiger partial charge in [0.15, 0.2) is 0 Å². The molecule has 2 saturated heterocycles. The lowest BCUT2D eigenvalue weighted by atomic mass is 9.83. The Morgan fingerprint density at radius 1 is 0.806 bits per heavy atom. The Labute approximate surface area is 427 Å². The molecule has 8 atom stereocenters. The Morgan fingerprint density at radius 3 is 1.62 bits per heavy atom. The van der Waals surface area contributed by atoms with Crippen LogP contribution in [0.3, 0.4) is 0 Å². The number of halogens is 1. The molecule has 2 aromatic heterocycles. The summed E-state index contributed by atoms with van der Waals surface area (Å²) in [6.07, 6.45) is -2.82. The lowest BCUT2D eigenvalue weighted by Crippen LogP contribution is -2.29. The quantitative estimate of drug-likeness (QED) is 0.0384. The van der Waals surface area contributed by atoms with Gasteiger partial charge >= 0.3 is 11.4 Å². The zero-order valence-electron chi connectivity index (χ0n) is 40.9.